The molecule has 1 heterocycles. The fourth-order valence-corrected chi connectivity index (χ4v) is 2.28. The van der Waals surface area contributed by atoms with Crippen molar-refractivity contribution >= 4 is 11.6 Å². The fraction of sp³-hybridized carbons (Fsp3) is 0.714. The summed E-state index contributed by atoms with van der Waals surface area (Å²) in [5, 5.41) is 3.56. The Morgan fingerprint density at radius 3 is 2.42 bits per heavy atom. The Hall–Kier alpha value is -1.36. The predicted molar refractivity (Wildman–Crippen MR) is 81.1 cm³/mol. The van der Waals surface area contributed by atoms with Crippen LogP contribution in [0.15, 0.2) is 6.33 Å². The third kappa shape index (κ3) is 4.67. The lowest BCUT2D eigenvalue weighted by atomic mass is 10.0. The Balaban J connectivity index is 2.82. The number of nitrogens with zero attached hydrogens (tertiary/aromatic N) is 2. The molecule has 0 amide bonds. The number of unbranched alkanes of at least 4 members (excludes halogenated alkanes) is 1. The van der Waals surface area contributed by atoms with Gasteiger partial charge in [-0.15, -0.1) is 0 Å². The van der Waals surface area contributed by atoms with Crippen LogP contribution in [0.5, 0.6) is 0 Å². The molecule has 0 bridgehead atoms. The van der Waals surface area contributed by atoms with Crippen LogP contribution in [-0.2, 0) is 6.42 Å². The summed E-state index contributed by atoms with van der Waals surface area (Å²) in [7, 11) is 0. The van der Waals surface area contributed by atoms with Crippen molar-refractivity contribution < 1.29 is 0 Å². The van der Waals surface area contributed by atoms with E-state index in [4.69, 9.17) is 5.84 Å². The van der Waals surface area contributed by atoms with Gasteiger partial charge in [0.1, 0.15) is 18.0 Å². The number of anilines is 2. The van der Waals surface area contributed by atoms with Gasteiger partial charge in [0.05, 0.1) is 0 Å². The second kappa shape index (κ2) is 8.69. The Kier molecular flexibility index (Phi) is 7.18. The Bertz CT molecular complexity index is 367. The maximum absolute atomic E-state index is 5.50. The second-order valence-electron chi connectivity index (χ2n) is 4.82. The van der Waals surface area contributed by atoms with Gasteiger partial charge in [-0.25, -0.2) is 15.8 Å². The average Bonchev–Trinajstić information content (AvgIpc) is 2.44. The lowest BCUT2D eigenvalue weighted by Gasteiger charge is -2.21. The highest BCUT2D eigenvalue weighted by atomic mass is 15.3. The number of aromatic nitrogens is 2. The summed E-state index contributed by atoms with van der Waals surface area (Å²) in [5.41, 5.74) is 3.70. The molecule has 19 heavy (non-hydrogen) atoms. The highest BCUT2D eigenvalue weighted by Gasteiger charge is 2.13. The molecular weight excluding hydrogens is 238 g/mol. The molecule has 1 atom stereocenters. The standard InChI is InChI=1S/C14H27N5/c1-4-7-9-11(8-5-2)18-13-12(6-3)14(19-15)17-10-16-13/h10-11H,4-9,15H2,1-3H3,(H2,16,17,18,19). The van der Waals surface area contributed by atoms with E-state index in [2.05, 4.69) is 41.5 Å². The van der Waals surface area contributed by atoms with E-state index in [1.54, 1.807) is 6.33 Å². The molecule has 108 valence electrons. The lowest BCUT2D eigenvalue weighted by molar-refractivity contribution is 0.562. The van der Waals surface area contributed by atoms with Gasteiger partial charge < -0.3 is 10.7 Å². The van der Waals surface area contributed by atoms with Gasteiger partial charge in [0.2, 0.25) is 0 Å². The van der Waals surface area contributed by atoms with Crippen LogP contribution in [-0.4, -0.2) is 16.0 Å². The van der Waals surface area contributed by atoms with E-state index in [1.165, 1.54) is 32.1 Å². The summed E-state index contributed by atoms with van der Waals surface area (Å²) in [6.45, 7) is 6.53. The third-order valence-electron chi connectivity index (χ3n) is 3.32. The van der Waals surface area contributed by atoms with Crippen LogP contribution in [0.2, 0.25) is 0 Å². The van der Waals surface area contributed by atoms with Gasteiger partial charge in [-0.2, -0.15) is 0 Å². The molecule has 4 N–H and O–H groups in total. The quantitative estimate of drug-likeness (QED) is 0.472. The molecule has 1 aromatic rings. The molecule has 1 unspecified atom stereocenters. The van der Waals surface area contributed by atoms with E-state index in [0.29, 0.717) is 11.9 Å². The second-order valence-corrected chi connectivity index (χ2v) is 4.82. The minimum atomic E-state index is 0.482. The first kappa shape index (κ1) is 15.7. The van der Waals surface area contributed by atoms with Gasteiger partial charge in [-0.1, -0.05) is 40.0 Å². The average molecular weight is 265 g/mol. The van der Waals surface area contributed by atoms with Gasteiger partial charge in [0, 0.05) is 11.6 Å². The zero-order valence-corrected chi connectivity index (χ0v) is 12.4. The Morgan fingerprint density at radius 2 is 1.84 bits per heavy atom. The minimum absolute atomic E-state index is 0.482. The largest absolute Gasteiger partial charge is 0.367 e. The highest BCUT2D eigenvalue weighted by Crippen LogP contribution is 2.22. The molecule has 0 aliphatic rings. The van der Waals surface area contributed by atoms with E-state index >= 15 is 0 Å². The van der Waals surface area contributed by atoms with Crippen LogP contribution < -0.4 is 16.6 Å². The molecule has 0 aliphatic heterocycles. The molecule has 1 aromatic heterocycles. The van der Waals surface area contributed by atoms with Crippen LogP contribution in [0.25, 0.3) is 0 Å². The zero-order valence-electron chi connectivity index (χ0n) is 12.4. The Labute approximate surface area is 116 Å². The molecule has 0 radical (unpaired) electrons. The van der Waals surface area contributed by atoms with Crippen LogP contribution >= 0.6 is 0 Å². The normalized spacial score (nSPS) is 12.2. The van der Waals surface area contributed by atoms with E-state index < -0.39 is 0 Å². The molecule has 0 saturated heterocycles. The van der Waals surface area contributed by atoms with Crippen molar-refractivity contribution in [3.05, 3.63) is 11.9 Å². The summed E-state index contributed by atoms with van der Waals surface area (Å²) in [5.74, 6) is 7.13. The van der Waals surface area contributed by atoms with Crippen molar-refractivity contribution in [2.24, 2.45) is 5.84 Å². The first-order chi connectivity index (χ1) is 9.26. The molecule has 0 aliphatic carbocycles. The molecule has 0 fully saturated rings. The number of rotatable bonds is 9. The fourth-order valence-electron chi connectivity index (χ4n) is 2.28. The van der Waals surface area contributed by atoms with Gasteiger partial charge in [-0.05, 0) is 19.3 Å². The monoisotopic (exact) mass is 265 g/mol. The Morgan fingerprint density at radius 1 is 1.11 bits per heavy atom. The van der Waals surface area contributed by atoms with Crippen molar-refractivity contribution in [1.82, 2.24) is 9.97 Å². The van der Waals surface area contributed by atoms with Gasteiger partial charge >= 0.3 is 0 Å². The summed E-state index contributed by atoms with van der Waals surface area (Å²) in [6, 6.07) is 0.482. The van der Waals surface area contributed by atoms with Gasteiger partial charge in [-0.3, -0.25) is 0 Å². The van der Waals surface area contributed by atoms with E-state index in [0.717, 1.165) is 17.8 Å². The summed E-state index contributed by atoms with van der Waals surface area (Å²) < 4.78 is 0. The molecule has 1 rings (SSSR count). The first-order valence-corrected chi connectivity index (χ1v) is 7.33. The van der Waals surface area contributed by atoms with Crippen molar-refractivity contribution in [2.45, 2.75) is 65.3 Å². The SMILES string of the molecule is CCCCC(CCC)Nc1ncnc(NN)c1CC. The number of nitrogen functional groups attached to an aromatic ring is 1. The molecule has 0 saturated carbocycles. The number of nitrogens with one attached hydrogen (secondary N) is 2. The summed E-state index contributed by atoms with van der Waals surface area (Å²) in [6.07, 6.45) is 8.40. The van der Waals surface area contributed by atoms with Gasteiger partial charge in [0.15, 0.2) is 0 Å². The lowest BCUT2D eigenvalue weighted by Crippen LogP contribution is -2.22. The zero-order chi connectivity index (χ0) is 14.1. The van der Waals surface area contributed by atoms with Crippen molar-refractivity contribution in [2.75, 3.05) is 10.7 Å². The van der Waals surface area contributed by atoms with Crippen molar-refractivity contribution in [3.8, 4) is 0 Å². The molecule has 5 nitrogen and oxygen atoms in total. The van der Waals surface area contributed by atoms with Crippen LogP contribution in [0.3, 0.4) is 0 Å². The smallest absolute Gasteiger partial charge is 0.148 e. The van der Waals surface area contributed by atoms with Crippen LogP contribution in [0.1, 0.15) is 58.4 Å². The van der Waals surface area contributed by atoms with Crippen molar-refractivity contribution in [3.63, 3.8) is 0 Å². The summed E-state index contributed by atoms with van der Waals surface area (Å²) in [4.78, 5) is 8.53. The maximum Gasteiger partial charge on any atom is 0.148 e. The number of hydrazine groups is 1. The number of nitrogens with two attached hydrogens (primary N) is 1. The molecule has 5 heteroatoms. The van der Waals surface area contributed by atoms with E-state index in [9.17, 15) is 0 Å². The van der Waals surface area contributed by atoms with Crippen molar-refractivity contribution in [1.29, 1.82) is 0 Å². The summed E-state index contributed by atoms with van der Waals surface area (Å²) >= 11 is 0. The highest BCUT2D eigenvalue weighted by molar-refractivity contribution is 5.57. The van der Waals surface area contributed by atoms with Crippen LogP contribution in [0.4, 0.5) is 11.6 Å². The topological polar surface area (TPSA) is 75.9 Å². The number of hydrogen-bond donors (Lipinski definition) is 3. The molecule has 0 aromatic carbocycles. The van der Waals surface area contributed by atoms with Gasteiger partial charge in [0.25, 0.3) is 0 Å². The van der Waals surface area contributed by atoms with Crippen LogP contribution in [0, 0.1) is 0 Å². The third-order valence-corrected chi connectivity index (χ3v) is 3.32. The maximum atomic E-state index is 5.50. The predicted octanol–water partition coefficient (Wildman–Crippen LogP) is 3.10. The molecule has 0 spiro atoms. The number of hydrogen-bond acceptors (Lipinski definition) is 5. The van der Waals surface area contributed by atoms with E-state index in [1.807, 2.05) is 0 Å². The molecular formula is C14H27N5. The van der Waals surface area contributed by atoms with E-state index in [-0.39, 0.29) is 0 Å². The first-order valence-electron chi connectivity index (χ1n) is 7.33. The minimum Gasteiger partial charge on any atom is -0.367 e.